The van der Waals surface area contributed by atoms with E-state index in [-0.39, 0.29) is 19.6 Å². The van der Waals surface area contributed by atoms with Crippen LogP contribution in [0.4, 0.5) is 9.59 Å². The van der Waals surface area contributed by atoms with Crippen LogP contribution in [0.1, 0.15) is 38.3 Å². The van der Waals surface area contributed by atoms with E-state index in [1.807, 2.05) is 30.3 Å². The first-order valence-electron chi connectivity index (χ1n) is 12.1. The number of hydrogen-bond acceptors (Lipinski definition) is 8. The summed E-state index contributed by atoms with van der Waals surface area (Å²) in [5, 5.41) is 34.3. The van der Waals surface area contributed by atoms with Crippen molar-refractivity contribution in [2.24, 2.45) is 0 Å². The van der Waals surface area contributed by atoms with Gasteiger partial charge in [0.1, 0.15) is 30.2 Å². The van der Waals surface area contributed by atoms with E-state index < -0.39 is 48.2 Å². The molecule has 2 aromatic carbocycles. The molecule has 10 heteroatoms. The summed E-state index contributed by atoms with van der Waals surface area (Å²) in [6.07, 6.45) is -6.09. The third-order valence-electron chi connectivity index (χ3n) is 6.04. The number of methoxy groups -OCH3 is 1. The maximum atomic E-state index is 13.4. The Balaban J connectivity index is 1.90. The first-order valence-corrected chi connectivity index (χ1v) is 12.1. The minimum atomic E-state index is -1.57. The molecule has 2 amide bonds. The van der Waals surface area contributed by atoms with Crippen molar-refractivity contribution in [1.82, 2.24) is 10.2 Å². The Kier molecular flexibility index (Phi) is 9.36. The van der Waals surface area contributed by atoms with Crippen LogP contribution in [-0.4, -0.2) is 75.5 Å². The van der Waals surface area contributed by atoms with E-state index in [9.17, 15) is 24.9 Å². The minimum absolute atomic E-state index is 0.00337. The predicted octanol–water partition coefficient (Wildman–Crippen LogP) is 2.58. The molecule has 0 aliphatic heterocycles. The maximum Gasteiger partial charge on any atom is 0.410 e. The normalized spacial score (nSPS) is 23.6. The quantitative estimate of drug-likeness (QED) is 0.441. The molecule has 1 aliphatic rings. The van der Waals surface area contributed by atoms with E-state index in [0.29, 0.717) is 5.75 Å². The van der Waals surface area contributed by atoms with E-state index in [1.54, 1.807) is 52.1 Å². The molecular formula is C27H36N2O8. The molecule has 1 fully saturated rings. The second-order valence-corrected chi connectivity index (χ2v) is 10.0. The molecule has 37 heavy (non-hydrogen) atoms. The number of carbonyl (C=O) groups excluding carboxylic acids is 2. The third-order valence-corrected chi connectivity index (χ3v) is 6.04. The monoisotopic (exact) mass is 516 g/mol. The van der Waals surface area contributed by atoms with Crippen molar-refractivity contribution < 1.29 is 39.1 Å². The number of aliphatic hydroxyl groups is 3. The summed E-state index contributed by atoms with van der Waals surface area (Å²) in [6.45, 7) is 5.12. The Morgan fingerprint density at radius 1 is 0.973 bits per heavy atom. The molecule has 0 saturated heterocycles. The van der Waals surface area contributed by atoms with E-state index in [1.165, 1.54) is 4.90 Å². The van der Waals surface area contributed by atoms with Gasteiger partial charge in [0, 0.05) is 6.54 Å². The summed E-state index contributed by atoms with van der Waals surface area (Å²) in [6, 6.07) is 14.1. The Bertz CT molecular complexity index is 1020. The first-order chi connectivity index (χ1) is 17.5. The number of nitrogens with one attached hydrogen (secondary N) is 1. The third kappa shape index (κ3) is 7.82. The first kappa shape index (κ1) is 28.2. The van der Waals surface area contributed by atoms with Gasteiger partial charge in [0.25, 0.3) is 0 Å². The molecule has 202 valence electrons. The molecule has 2 aromatic rings. The molecule has 1 saturated carbocycles. The highest BCUT2D eigenvalue weighted by Crippen LogP contribution is 2.28. The summed E-state index contributed by atoms with van der Waals surface area (Å²) in [4.78, 5) is 27.3. The minimum Gasteiger partial charge on any atom is -0.497 e. The molecule has 5 atom stereocenters. The summed E-state index contributed by atoms with van der Waals surface area (Å²) < 4.78 is 16.1. The van der Waals surface area contributed by atoms with Crippen LogP contribution in [0.3, 0.4) is 0 Å². The van der Waals surface area contributed by atoms with Crippen molar-refractivity contribution >= 4 is 12.2 Å². The fourth-order valence-corrected chi connectivity index (χ4v) is 4.19. The van der Waals surface area contributed by atoms with E-state index in [0.717, 1.165) is 11.1 Å². The topological polar surface area (TPSA) is 138 Å². The van der Waals surface area contributed by atoms with Crippen LogP contribution in [-0.2, 0) is 22.6 Å². The zero-order valence-electron chi connectivity index (χ0n) is 21.5. The molecule has 1 aliphatic carbocycles. The average Bonchev–Trinajstić information content (AvgIpc) is 2.86. The molecule has 0 bridgehead atoms. The highest BCUT2D eigenvalue weighted by molar-refractivity contribution is 5.70. The van der Waals surface area contributed by atoms with Crippen LogP contribution < -0.4 is 10.1 Å². The Labute approximate surface area is 216 Å². The van der Waals surface area contributed by atoms with Crippen LogP contribution in [0, 0.1) is 0 Å². The summed E-state index contributed by atoms with van der Waals surface area (Å²) >= 11 is 0. The van der Waals surface area contributed by atoms with Crippen molar-refractivity contribution in [3.8, 4) is 5.75 Å². The number of amides is 2. The molecule has 0 heterocycles. The Hall–Kier alpha value is -3.34. The number of aliphatic hydroxyl groups excluding tert-OH is 3. The Morgan fingerprint density at radius 2 is 1.62 bits per heavy atom. The van der Waals surface area contributed by atoms with Gasteiger partial charge in [-0.25, -0.2) is 9.59 Å². The highest BCUT2D eigenvalue weighted by atomic mass is 16.6. The smallest absolute Gasteiger partial charge is 0.410 e. The molecule has 0 unspecified atom stereocenters. The fourth-order valence-electron chi connectivity index (χ4n) is 4.19. The van der Waals surface area contributed by atoms with Crippen LogP contribution in [0.2, 0.25) is 0 Å². The van der Waals surface area contributed by atoms with Crippen LogP contribution in [0.15, 0.2) is 54.6 Å². The molecular weight excluding hydrogens is 480 g/mol. The zero-order chi connectivity index (χ0) is 27.2. The van der Waals surface area contributed by atoms with Gasteiger partial charge in [-0.1, -0.05) is 42.5 Å². The van der Waals surface area contributed by atoms with Gasteiger partial charge >= 0.3 is 12.2 Å². The lowest BCUT2D eigenvalue weighted by Crippen LogP contribution is -2.67. The van der Waals surface area contributed by atoms with Gasteiger partial charge in [-0.3, -0.25) is 4.90 Å². The summed E-state index contributed by atoms with van der Waals surface area (Å²) in [7, 11) is 1.55. The van der Waals surface area contributed by atoms with Gasteiger partial charge in [-0.05, 0) is 50.5 Å². The van der Waals surface area contributed by atoms with E-state index in [4.69, 9.17) is 14.2 Å². The Morgan fingerprint density at radius 3 is 2.22 bits per heavy atom. The zero-order valence-corrected chi connectivity index (χ0v) is 21.5. The van der Waals surface area contributed by atoms with Gasteiger partial charge in [0.15, 0.2) is 0 Å². The van der Waals surface area contributed by atoms with Gasteiger partial charge < -0.3 is 34.8 Å². The van der Waals surface area contributed by atoms with E-state index in [2.05, 4.69) is 5.32 Å². The lowest BCUT2D eigenvalue weighted by Gasteiger charge is -2.45. The van der Waals surface area contributed by atoms with Crippen LogP contribution in [0.25, 0.3) is 0 Å². The number of rotatable bonds is 7. The molecule has 0 aromatic heterocycles. The maximum absolute atomic E-state index is 13.4. The van der Waals surface area contributed by atoms with Crippen molar-refractivity contribution in [2.75, 3.05) is 7.11 Å². The predicted molar refractivity (Wildman–Crippen MR) is 135 cm³/mol. The lowest BCUT2D eigenvalue weighted by atomic mass is 9.82. The van der Waals surface area contributed by atoms with Crippen molar-refractivity contribution in [1.29, 1.82) is 0 Å². The number of carbonyl (C=O) groups is 2. The molecule has 3 rings (SSSR count). The van der Waals surface area contributed by atoms with Crippen LogP contribution >= 0.6 is 0 Å². The van der Waals surface area contributed by atoms with Gasteiger partial charge in [0.2, 0.25) is 0 Å². The van der Waals surface area contributed by atoms with Crippen molar-refractivity contribution in [3.63, 3.8) is 0 Å². The number of hydrogen-bond donors (Lipinski definition) is 4. The highest BCUT2D eigenvalue weighted by Gasteiger charge is 2.47. The molecule has 10 nitrogen and oxygen atoms in total. The lowest BCUT2D eigenvalue weighted by molar-refractivity contribution is -0.121. The van der Waals surface area contributed by atoms with Gasteiger partial charge in [-0.2, -0.15) is 0 Å². The average molecular weight is 517 g/mol. The standard InChI is InChI=1S/C27H36N2O8/c1-27(2,3)37-25(33)28-22-20(14-21(30)23(31)24(22)32)29(15-17-10-12-19(35-4)13-11-17)26(34)36-16-18-8-6-5-7-9-18/h5-13,20-24,30-32H,14-16H2,1-4H3,(H,28,33)/t20-,21-,22+,23+,24-/m0/s1. The molecule has 0 spiro atoms. The van der Waals surface area contributed by atoms with Crippen LogP contribution in [0.5, 0.6) is 5.75 Å². The van der Waals surface area contributed by atoms with Gasteiger partial charge in [0.05, 0.1) is 25.3 Å². The number of alkyl carbamates (subject to hydrolysis) is 1. The second-order valence-electron chi connectivity index (χ2n) is 10.0. The van der Waals surface area contributed by atoms with E-state index >= 15 is 0 Å². The fraction of sp³-hybridized carbons (Fsp3) is 0.481. The van der Waals surface area contributed by atoms with Crippen molar-refractivity contribution in [3.05, 3.63) is 65.7 Å². The largest absolute Gasteiger partial charge is 0.497 e. The van der Waals surface area contributed by atoms with Crippen molar-refractivity contribution in [2.45, 2.75) is 76.3 Å². The summed E-state index contributed by atoms with van der Waals surface area (Å²) in [5.41, 5.74) is 0.695. The number of benzene rings is 2. The molecule has 4 N–H and O–H groups in total. The second kappa shape index (κ2) is 12.3. The SMILES string of the molecule is COc1ccc(CN(C(=O)OCc2ccccc2)[C@H]2C[C@H](O)[C@@H](O)[C@@H](O)[C@@H]2NC(=O)OC(C)(C)C)cc1. The number of ether oxygens (including phenoxy) is 3. The van der Waals surface area contributed by atoms with Gasteiger partial charge in [-0.15, -0.1) is 0 Å². The summed E-state index contributed by atoms with van der Waals surface area (Å²) in [5.74, 6) is 0.637. The molecule has 0 radical (unpaired) electrons. The number of nitrogens with zero attached hydrogens (tertiary/aromatic N) is 1.